The van der Waals surface area contributed by atoms with E-state index >= 15 is 0 Å². The quantitative estimate of drug-likeness (QED) is 0.689. The van der Waals surface area contributed by atoms with Crippen LogP contribution in [-0.4, -0.2) is 35.2 Å². The SMILES string of the molecule is CC(C)(C)[C@@](C)(O)C#CCN1CCCCC1. The maximum atomic E-state index is 10.2. The summed E-state index contributed by atoms with van der Waals surface area (Å²) in [7, 11) is 0. The van der Waals surface area contributed by atoms with Gasteiger partial charge in [0.1, 0.15) is 5.60 Å². The number of hydrogen-bond donors (Lipinski definition) is 1. The van der Waals surface area contributed by atoms with Crippen molar-refractivity contribution in [1.29, 1.82) is 0 Å². The van der Waals surface area contributed by atoms with Crippen LogP contribution in [0.2, 0.25) is 0 Å². The normalized spacial score (nSPS) is 22.1. The fourth-order valence-electron chi connectivity index (χ4n) is 1.63. The third-order valence-corrected chi connectivity index (χ3v) is 3.54. The zero-order valence-corrected chi connectivity index (χ0v) is 11.1. The van der Waals surface area contributed by atoms with Gasteiger partial charge in [-0.2, -0.15) is 0 Å². The lowest BCUT2D eigenvalue weighted by atomic mass is 9.78. The summed E-state index contributed by atoms with van der Waals surface area (Å²) in [4.78, 5) is 2.37. The average molecular weight is 223 g/mol. The first-order valence-corrected chi connectivity index (χ1v) is 6.28. The highest BCUT2D eigenvalue weighted by atomic mass is 16.3. The molecule has 92 valence electrons. The topological polar surface area (TPSA) is 23.5 Å². The summed E-state index contributed by atoms with van der Waals surface area (Å²) in [6, 6.07) is 0. The monoisotopic (exact) mass is 223 g/mol. The fourth-order valence-corrected chi connectivity index (χ4v) is 1.63. The van der Waals surface area contributed by atoms with Crippen LogP contribution in [0, 0.1) is 17.3 Å². The number of piperidine rings is 1. The second-order valence-corrected chi connectivity index (χ2v) is 5.96. The van der Waals surface area contributed by atoms with Crippen molar-refractivity contribution in [3.05, 3.63) is 0 Å². The summed E-state index contributed by atoms with van der Waals surface area (Å²) in [6.07, 6.45) is 3.93. The molecule has 0 spiro atoms. The molecule has 0 radical (unpaired) electrons. The van der Waals surface area contributed by atoms with Crippen molar-refractivity contribution in [2.45, 2.75) is 52.6 Å². The minimum atomic E-state index is -0.900. The Hall–Kier alpha value is -0.520. The van der Waals surface area contributed by atoms with Gasteiger partial charge >= 0.3 is 0 Å². The number of hydrogen-bond acceptors (Lipinski definition) is 2. The van der Waals surface area contributed by atoms with Crippen LogP contribution in [0.5, 0.6) is 0 Å². The lowest BCUT2D eigenvalue weighted by Crippen LogP contribution is -2.38. The molecule has 1 fully saturated rings. The fraction of sp³-hybridized carbons (Fsp3) is 0.857. The van der Waals surface area contributed by atoms with E-state index in [2.05, 4.69) is 16.7 Å². The third-order valence-electron chi connectivity index (χ3n) is 3.54. The minimum Gasteiger partial charge on any atom is -0.377 e. The van der Waals surface area contributed by atoms with Crippen LogP contribution in [0.15, 0.2) is 0 Å². The molecule has 16 heavy (non-hydrogen) atoms. The molecule has 0 aliphatic carbocycles. The Balaban J connectivity index is 2.47. The van der Waals surface area contributed by atoms with E-state index in [1.54, 1.807) is 6.92 Å². The Kier molecular flexibility index (Phi) is 4.41. The Labute approximate surface area is 100 Å². The molecule has 2 nitrogen and oxygen atoms in total. The first kappa shape index (κ1) is 13.5. The summed E-state index contributed by atoms with van der Waals surface area (Å²) in [5.41, 5.74) is -1.09. The van der Waals surface area contributed by atoms with E-state index in [1.165, 1.54) is 19.3 Å². The zero-order chi connectivity index (χ0) is 12.2. The molecule has 0 saturated carbocycles. The van der Waals surface area contributed by atoms with Gasteiger partial charge < -0.3 is 5.11 Å². The Bertz CT molecular complexity index is 271. The smallest absolute Gasteiger partial charge is 0.127 e. The number of rotatable bonds is 1. The van der Waals surface area contributed by atoms with Crippen LogP contribution in [0.4, 0.5) is 0 Å². The predicted molar refractivity (Wildman–Crippen MR) is 68.1 cm³/mol. The van der Waals surface area contributed by atoms with E-state index in [4.69, 9.17) is 0 Å². The van der Waals surface area contributed by atoms with Crippen LogP contribution in [0.1, 0.15) is 47.0 Å². The second kappa shape index (κ2) is 5.21. The Morgan fingerprint density at radius 3 is 2.12 bits per heavy atom. The van der Waals surface area contributed by atoms with Gasteiger partial charge in [0, 0.05) is 5.41 Å². The van der Waals surface area contributed by atoms with E-state index in [9.17, 15) is 5.11 Å². The summed E-state index contributed by atoms with van der Waals surface area (Å²) >= 11 is 0. The van der Waals surface area contributed by atoms with Gasteiger partial charge in [-0.25, -0.2) is 0 Å². The van der Waals surface area contributed by atoms with Crippen LogP contribution >= 0.6 is 0 Å². The number of nitrogens with zero attached hydrogens (tertiary/aromatic N) is 1. The third kappa shape index (κ3) is 3.81. The van der Waals surface area contributed by atoms with Gasteiger partial charge in [0.15, 0.2) is 0 Å². The predicted octanol–water partition coefficient (Wildman–Crippen LogP) is 2.27. The standard InChI is InChI=1S/C14H25NO/c1-13(2,3)14(4,16)9-8-12-15-10-6-5-7-11-15/h16H,5-7,10-12H2,1-4H3/t14-/m0/s1. The highest BCUT2D eigenvalue weighted by Gasteiger charge is 2.33. The van der Waals surface area contributed by atoms with Crippen LogP contribution in [0.3, 0.4) is 0 Å². The molecule has 0 amide bonds. The van der Waals surface area contributed by atoms with Gasteiger partial charge in [0.25, 0.3) is 0 Å². The molecule has 1 heterocycles. The lowest BCUT2D eigenvalue weighted by molar-refractivity contribution is 0.0127. The molecule has 1 N–H and O–H groups in total. The average Bonchev–Trinajstić information content (AvgIpc) is 2.17. The molecule has 0 aromatic heterocycles. The van der Waals surface area contributed by atoms with E-state index < -0.39 is 5.60 Å². The molecule has 1 atom stereocenters. The van der Waals surface area contributed by atoms with Gasteiger partial charge in [0.05, 0.1) is 6.54 Å². The van der Waals surface area contributed by atoms with E-state index in [1.807, 2.05) is 20.8 Å². The summed E-state index contributed by atoms with van der Waals surface area (Å²) in [5, 5.41) is 10.2. The van der Waals surface area contributed by atoms with Crippen LogP contribution < -0.4 is 0 Å². The highest BCUT2D eigenvalue weighted by Crippen LogP contribution is 2.28. The number of aliphatic hydroxyl groups is 1. The first-order valence-electron chi connectivity index (χ1n) is 6.28. The van der Waals surface area contributed by atoms with Crippen molar-refractivity contribution in [2.75, 3.05) is 19.6 Å². The van der Waals surface area contributed by atoms with E-state index in [0.717, 1.165) is 19.6 Å². The molecule has 0 aromatic rings. The second-order valence-electron chi connectivity index (χ2n) is 5.96. The van der Waals surface area contributed by atoms with Crippen LogP contribution in [-0.2, 0) is 0 Å². The Morgan fingerprint density at radius 2 is 1.62 bits per heavy atom. The molecule has 0 bridgehead atoms. The van der Waals surface area contributed by atoms with Gasteiger partial charge in [-0.15, -0.1) is 0 Å². The molecule has 0 aromatic carbocycles. The van der Waals surface area contributed by atoms with Gasteiger partial charge in [-0.3, -0.25) is 4.90 Å². The molecule has 1 aliphatic heterocycles. The maximum Gasteiger partial charge on any atom is 0.127 e. The van der Waals surface area contributed by atoms with Gasteiger partial charge in [0.2, 0.25) is 0 Å². The molecule has 1 rings (SSSR count). The molecular formula is C14H25NO. The van der Waals surface area contributed by atoms with Crippen molar-refractivity contribution in [3.8, 4) is 11.8 Å². The van der Waals surface area contributed by atoms with Crippen molar-refractivity contribution >= 4 is 0 Å². The molecule has 0 unspecified atom stereocenters. The zero-order valence-electron chi connectivity index (χ0n) is 11.1. The van der Waals surface area contributed by atoms with Crippen molar-refractivity contribution < 1.29 is 5.11 Å². The van der Waals surface area contributed by atoms with Gasteiger partial charge in [-0.05, 0) is 32.9 Å². The summed E-state index contributed by atoms with van der Waals surface area (Å²) < 4.78 is 0. The lowest BCUT2D eigenvalue weighted by Gasteiger charge is -2.32. The molecule has 1 saturated heterocycles. The summed E-state index contributed by atoms with van der Waals surface area (Å²) in [6.45, 7) is 11.0. The molecular weight excluding hydrogens is 198 g/mol. The molecule has 2 heteroatoms. The van der Waals surface area contributed by atoms with Crippen LogP contribution in [0.25, 0.3) is 0 Å². The van der Waals surface area contributed by atoms with E-state index in [-0.39, 0.29) is 5.41 Å². The molecule has 1 aliphatic rings. The Morgan fingerprint density at radius 1 is 1.06 bits per heavy atom. The van der Waals surface area contributed by atoms with Gasteiger partial charge in [-0.1, -0.05) is 39.0 Å². The van der Waals surface area contributed by atoms with Crippen molar-refractivity contribution in [3.63, 3.8) is 0 Å². The highest BCUT2D eigenvalue weighted by molar-refractivity contribution is 5.17. The minimum absolute atomic E-state index is 0.193. The largest absolute Gasteiger partial charge is 0.377 e. The first-order chi connectivity index (χ1) is 7.33. The van der Waals surface area contributed by atoms with Crippen molar-refractivity contribution in [2.24, 2.45) is 5.41 Å². The van der Waals surface area contributed by atoms with Crippen molar-refractivity contribution in [1.82, 2.24) is 4.90 Å². The summed E-state index contributed by atoms with van der Waals surface area (Å²) in [5.74, 6) is 6.14. The number of likely N-dealkylation sites (tertiary alicyclic amines) is 1. The maximum absolute atomic E-state index is 10.2. The van der Waals surface area contributed by atoms with E-state index in [0.29, 0.717) is 0 Å².